The first-order chi connectivity index (χ1) is 6.16. The number of benzene rings is 1. The minimum absolute atomic E-state index is 0.417. The molecule has 0 aliphatic carbocycles. The fourth-order valence-electron chi connectivity index (χ4n) is 1.61. The fraction of sp³-hybridized carbons (Fsp3) is 0.455. The molecule has 1 aromatic carbocycles. The van der Waals surface area contributed by atoms with Gasteiger partial charge < -0.3 is 5.11 Å². The zero-order chi connectivity index (χ0) is 9.84. The van der Waals surface area contributed by atoms with Gasteiger partial charge in [-0.15, -0.1) is 0 Å². The van der Waals surface area contributed by atoms with Crippen LogP contribution in [0.5, 0.6) is 5.75 Å². The number of halogens is 1. The zero-order valence-electron chi connectivity index (χ0n) is 8.05. The fourth-order valence-corrected chi connectivity index (χ4v) is 2.30. The van der Waals surface area contributed by atoms with E-state index in [1.54, 1.807) is 6.07 Å². The number of phenolic OH excluding ortho intramolecular Hbond substituents is 1. The molecule has 0 amide bonds. The van der Waals surface area contributed by atoms with E-state index < -0.39 is 0 Å². The Balaban J connectivity index is 2.98. The van der Waals surface area contributed by atoms with Crippen LogP contribution in [0.2, 0.25) is 0 Å². The smallest absolute Gasteiger partial charge is 0.119 e. The summed E-state index contributed by atoms with van der Waals surface area (Å²) in [6.07, 6.45) is 1.05. The molecule has 1 aromatic rings. The third kappa shape index (κ3) is 2.47. The van der Waals surface area contributed by atoms with Crippen molar-refractivity contribution in [3.63, 3.8) is 0 Å². The number of phenols is 1. The van der Waals surface area contributed by atoms with Crippen LogP contribution in [-0.4, -0.2) is 10.4 Å². The number of aryl methyl sites for hydroxylation is 1. The summed E-state index contributed by atoms with van der Waals surface area (Å²) < 4.78 is 0. The third-order valence-corrected chi connectivity index (χ3v) is 2.79. The summed E-state index contributed by atoms with van der Waals surface area (Å²) in [5, 5.41) is 10.6. The van der Waals surface area contributed by atoms with Crippen LogP contribution in [0, 0.1) is 6.92 Å². The van der Waals surface area contributed by atoms with Gasteiger partial charge in [0, 0.05) is 5.33 Å². The number of rotatable bonds is 3. The Morgan fingerprint density at radius 2 is 2.15 bits per heavy atom. The highest BCUT2D eigenvalue weighted by Gasteiger charge is 2.11. The number of aromatic hydroxyl groups is 1. The maximum absolute atomic E-state index is 9.67. The molecule has 0 saturated heterocycles. The lowest BCUT2D eigenvalue weighted by Crippen LogP contribution is -1.97. The van der Waals surface area contributed by atoms with Crippen LogP contribution >= 0.6 is 15.9 Å². The lowest BCUT2D eigenvalue weighted by atomic mass is 9.93. The Bertz CT molecular complexity index is 263. The van der Waals surface area contributed by atoms with Gasteiger partial charge in [0.1, 0.15) is 5.75 Å². The predicted octanol–water partition coefficient (Wildman–Crippen LogP) is 3.59. The molecule has 1 N–H and O–H groups in total. The van der Waals surface area contributed by atoms with Crippen LogP contribution in [0.25, 0.3) is 0 Å². The van der Waals surface area contributed by atoms with E-state index >= 15 is 0 Å². The molecule has 1 nitrogen and oxygen atoms in total. The van der Waals surface area contributed by atoms with Crippen molar-refractivity contribution in [1.82, 2.24) is 0 Å². The highest BCUT2D eigenvalue weighted by Crippen LogP contribution is 2.30. The second kappa shape index (κ2) is 4.66. The van der Waals surface area contributed by atoms with Gasteiger partial charge in [0.15, 0.2) is 0 Å². The molecule has 0 heterocycles. The van der Waals surface area contributed by atoms with E-state index in [1.807, 2.05) is 19.1 Å². The van der Waals surface area contributed by atoms with Crippen LogP contribution in [0.4, 0.5) is 0 Å². The van der Waals surface area contributed by atoms with Gasteiger partial charge >= 0.3 is 0 Å². The highest BCUT2D eigenvalue weighted by molar-refractivity contribution is 9.09. The van der Waals surface area contributed by atoms with E-state index in [4.69, 9.17) is 0 Å². The summed E-state index contributed by atoms with van der Waals surface area (Å²) in [5.74, 6) is 0.842. The van der Waals surface area contributed by atoms with Crippen LogP contribution in [0.15, 0.2) is 18.2 Å². The van der Waals surface area contributed by atoms with Crippen LogP contribution in [0.3, 0.4) is 0 Å². The molecule has 0 radical (unpaired) electrons. The first kappa shape index (κ1) is 10.6. The quantitative estimate of drug-likeness (QED) is 0.804. The molecule has 1 rings (SSSR count). The molecule has 0 aliphatic rings. The molecule has 0 spiro atoms. The van der Waals surface area contributed by atoms with Gasteiger partial charge in [0.25, 0.3) is 0 Å². The van der Waals surface area contributed by atoms with E-state index in [2.05, 4.69) is 22.9 Å². The van der Waals surface area contributed by atoms with Crippen molar-refractivity contribution >= 4 is 15.9 Å². The van der Waals surface area contributed by atoms with Gasteiger partial charge in [-0.1, -0.05) is 35.0 Å². The maximum Gasteiger partial charge on any atom is 0.119 e. The largest absolute Gasteiger partial charge is 0.508 e. The van der Waals surface area contributed by atoms with Crippen molar-refractivity contribution in [3.8, 4) is 5.75 Å². The van der Waals surface area contributed by atoms with Crippen molar-refractivity contribution in [1.29, 1.82) is 0 Å². The minimum atomic E-state index is 0.417. The number of hydrogen-bond donors (Lipinski definition) is 1. The standard InChI is InChI=1S/C11H15BrO/c1-8-4-3-5-10(13)11(8)9(2)6-7-12/h3-5,9,13H,6-7H2,1-2H3. The van der Waals surface area contributed by atoms with Gasteiger partial charge in [0.05, 0.1) is 0 Å². The molecular formula is C11H15BrO. The summed E-state index contributed by atoms with van der Waals surface area (Å²) >= 11 is 3.41. The van der Waals surface area contributed by atoms with Crippen molar-refractivity contribution < 1.29 is 5.11 Å². The zero-order valence-corrected chi connectivity index (χ0v) is 9.63. The molecule has 0 aromatic heterocycles. The molecule has 0 bridgehead atoms. The summed E-state index contributed by atoms with van der Waals surface area (Å²) in [6.45, 7) is 4.18. The lowest BCUT2D eigenvalue weighted by molar-refractivity contribution is 0.461. The van der Waals surface area contributed by atoms with Crippen molar-refractivity contribution in [2.75, 3.05) is 5.33 Å². The Kier molecular flexibility index (Phi) is 3.79. The average Bonchev–Trinajstić information content (AvgIpc) is 2.04. The maximum atomic E-state index is 9.67. The number of hydrogen-bond acceptors (Lipinski definition) is 1. The van der Waals surface area contributed by atoms with Crippen LogP contribution in [0.1, 0.15) is 30.4 Å². The first-order valence-electron chi connectivity index (χ1n) is 4.51. The van der Waals surface area contributed by atoms with Crippen molar-refractivity contribution in [2.24, 2.45) is 0 Å². The van der Waals surface area contributed by atoms with Gasteiger partial charge in [-0.3, -0.25) is 0 Å². The Labute approximate surface area is 87.9 Å². The lowest BCUT2D eigenvalue weighted by Gasteiger charge is -2.14. The van der Waals surface area contributed by atoms with E-state index in [0.29, 0.717) is 11.7 Å². The minimum Gasteiger partial charge on any atom is -0.508 e. The molecule has 0 fully saturated rings. The Morgan fingerprint density at radius 3 is 2.69 bits per heavy atom. The van der Waals surface area contributed by atoms with E-state index in [9.17, 15) is 5.11 Å². The average molecular weight is 243 g/mol. The topological polar surface area (TPSA) is 20.2 Å². The molecular weight excluding hydrogens is 228 g/mol. The normalized spacial score (nSPS) is 12.8. The molecule has 72 valence electrons. The SMILES string of the molecule is Cc1cccc(O)c1C(C)CCBr. The monoisotopic (exact) mass is 242 g/mol. The van der Waals surface area contributed by atoms with E-state index in [0.717, 1.165) is 17.3 Å². The Morgan fingerprint density at radius 1 is 1.46 bits per heavy atom. The second-order valence-corrected chi connectivity index (χ2v) is 4.18. The molecule has 0 saturated carbocycles. The van der Waals surface area contributed by atoms with Crippen LogP contribution in [-0.2, 0) is 0 Å². The first-order valence-corrected chi connectivity index (χ1v) is 5.63. The van der Waals surface area contributed by atoms with Gasteiger partial charge in [0.2, 0.25) is 0 Å². The highest BCUT2D eigenvalue weighted by atomic mass is 79.9. The Hall–Kier alpha value is -0.500. The summed E-state index contributed by atoms with van der Waals surface area (Å²) in [6, 6.07) is 5.68. The van der Waals surface area contributed by atoms with Gasteiger partial charge in [-0.2, -0.15) is 0 Å². The summed E-state index contributed by atoms with van der Waals surface area (Å²) in [5.41, 5.74) is 2.26. The van der Waals surface area contributed by atoms with E-state index in [-0.39, 0.29) is 0 Å². The van der Waals surface area contributed by atoms with Gasteiger partial charge in [-0.25, -0.2) is 0 Å². The molecule has 0 aliphatic heterocycles. The van der Waals surface area contributed by atoms with Crippen molar-refractivity contribution in [2.45, 2.75) is 26.2 Å². The second-order valence-electron chi connectivity index (χ2n) is 3.39. The molecule has 2 heteroatoms. The molecule has 1 unspecified atom stereocenters. The van der Waals surface area contributed by atoms with E-state index in [1.165, 1.54) is 5.56 Å². The molecule has 1 atom stereocenters. The summed E-state index contributed by atoms with van der Waals surface area (Å²) in [4.78, 5) is 0. The number of alkyl halides is 1. The molecule has 13 heavy (non-hydrogen) atoms. The van der Waals surface area contributed by atoms with Crippen LogP contribution < -0.4 is 0 Å². The predicted molar refractivity (Wildman–Crippen MR) is 59.7 cm³/mol. The third-order valence-electron chi connectivity index (χ3n) is 2.34. The van der Waals surface area contributed by atoms with Crippen molar-refractivity contribution in [3.05, 3.63) is 29.3 Å². The summed E-state index contributed by atoms with van der Waals surface area (Å²) in [7, 11) is 0. The van der Waals surface area contributed by atoms with Gasteiger partial charge in [-0.05, 0) is 36.5 Å².